The lowest BCUT2D eigenvalue weighted by Crippen LogP contribution is -2.64. The van der Waals surface area contributed by atoms with Gasteiger partial charge in [-0.2, -0.15) is 0 Å². The first kappa shape index (κ1) is 16.8. The third kappa shape index (κ3) is 3.27. The molecule has 1 fully saturated rings. The van der Waals surface area contributed by atoms with Crippen LogP contribution in [0.4, 0.5) is 0 Å². The van der Waals surface area contributed by atoms with E-state index in [2.05, 4.69) is 5.32 Å². The Labute approximate surface area is 122 Å². The lowest BCUT2D eigenvalue weighted by atomic mass is 9.86. The summed E-state index contributed by atoms with van der Waals surface area (Å²) in [5, 5.41) is 61.2. The third-order valence-electron chi connectivity index (χ3n) is 4.18. The van der Waals surface area contributed by atoms with Gasteiger partial charge in [0, 0.05) is 0 Å². The number of hydrogen-bond acceptors (Lipinski definition) is 8. The first-order valence-corrected chi connectivity index (χ1v) is 6.96. The predicted octanol–water partition coefficient (Wildman–Crippen LogP) is -3.53. The summed E-state index contributed by atoms with van der Waals surface area (Å²) in [7, 11) is 0. The molecule has 122 valence electrons. The van der Waals surface area contributed by atoms with Crippen molar-refractivity contribution in [1.29, 1.82) is 0 Å². The predicted molar refractivity (Wildman–Crippen MR) is 71.3 cm³/mol. The van der Waals surface area contributed by atoms with Crippen molar-refractivity contribution in [3.05, 3.63) is 11.6 Å². The van der Waals surface area contributed by atoms with Crippen LogP contribution < -0.4 is 5.32 Å². The molecule has 8 unspecified atom stereocenters. The van der Waals surface area contributed by atoms with Crippen molar-refractivity contribution >= 4 is 0 Å². The second-order valence-electron chi connectivity index (χ2n) is 5.64. The highest BCUT2D eigenvalue weighted by atomic mass is 16.5. The number of aliphatic hydroxyl groups is 6. The molecule has 1 aliphatic heterocycles. The molecule has 0 spiro atoms. The number of rotatable bonds is 3. The van der Waals surface area contributed by atoms with Gasteiger partial charge in [-0.3, -0.25) is 0 Å². The molecule has 0 bridgehead atoms. The maximum absolute atomic E-state index is 10.0. The van der Waals surface area contributed by atoms with Gasteiger partial charge in [0.1, 0.15) is 24.4 Å². The molecule has 21 heavy (non-hydrogen) atoms. The van der Waals surface area contributed by atoms with Gasteiger partial charge >= 0.3 is 0 Å². The molecule has 2 rings (SSSR count). The minimum atomic E-state index is -1.45. The summed E-state index contributed by atoms with van der Waals surface area (Å²) < 4.78 is 5.31. The Morgan fingerprint density at radius 3 is 2.43 bits per heavy atom. The van der Waals surface area contributed by atoms with Gasteiger partial charge < -0.3 is 40.7 Å². The molecule has 0 radical (unpaired) electrons. The van der Waals surface area contributed by atoms with Crippen molar-refractivity contribution in [3.8, 4) is 0 Å². The molecule has 7 N–H and O–H groups in total. The fourth-order valence-electron chi connectivity index (χ4n) is 2.77. The average Bonchev–Trinajstić information content (AvgIpc) is 2.47. The van der Waals surface area contributed by atoms with E-state index in [-0.39, 0.29) is 12.2 Å². The summed E-state index contributed by atoms with van der Waals surface area (Å²) in [6.45, 7) is 1.28. The van der Waals surface area contributed by atoms with Crippen LogP contribution >= 0.6 is 0 Å². The smallest absolute Gasteiger partial charge is 0.111 e. The molecule has 1 heterocycles. The van der Waals surface area contributed by atoms with E-state index in [1.807, 2.05) is 0 Å². The Morgan fingerprint density at radius 1 is 1.14 bits per heavy atom. The molecule has 0 saturated carbocycles. The van der Waals surface area contributed by atoms with Gasteiger partial charge in [0.05, 0.1) is 37.5 Å². The van der Waals surface area contributed by atoms with E-state index in [0.29, 0.717) is 0 Å². The quantitative estimate of drug-likeness (QED) is 0.266. The molecular weight excluding hydrogens is 282 g/mol. The van der Waals surface area contributed by atoms with E-state index in [9.17, 15) is 30.6 Å². The lowest BCUT2D eigenvalue weighted by molar-refractivity contribution is -0.141. The van der Waals surface area contributed by atoms with Crippen molar-refractivity contribution in [1.82, 2.24) is 5.32 Å². The highest BCUT2D eigenvalue weighted by molar-refractivity contribution is 5.22. The standard InChI is InChI=1S/C13H23NO7/c1-5-9(12(19)8(16)4-21-5)14-7-2-6(3-15)10(17)13(20)11(7)18/h2,5,7-20H,3-4H2,1H3. The van der Waals surface area contributed by atoms with Crippen LogP contribution in [0.1, 0.15) is 6.92 Å². The van der Waals surface area contributed by atoms with Gasteiger partial charge in [-0.1, -0.05) is 6.08 Å². The van der Waals surface area contributed by atoms with Gasteiger partial charge in [-0.25, -0.2) is 0 Å². The normalized spacial score (nSPS) is 48.0. The van der Waals surface area contributed by atoms with Gasteiger partial charge in [-0.05, 0) is 12.5 Å². The summed E-state index contributed by atoms with van der Waals surface area (Å²) in [4.78, 5) is 0. The third-order valence-corrected chi connectivity index (χ3v) is 4.18. The van der Waals surface area contributed by atoms with Crippen molar-refractivity contribution in [2.24, 2.45) is 0 Å². The molecule has 8 heteroatoms. The molecule has 0 amide bonds. The van der Waals surface area contributed by atoms with E-state index in [0.717, 1.165) is 0 Å². The summed E-state index contributed by atoms with van der Waals surface area (Å²) >= 11 is 0. The van der Waals surface area contributed by atoms with Crippen molar-refractivity contribution in [2.75, 3.05) is 13.2 Å². The van der Waals surface area contributed by atoms with Crippen LogP contribution in [-0.2, 0) is 4.74 Å². The molecule has 0 aromatic rings. The maximum Gasteiger partial charge on any atom is 0.111 e. The molecular formula is C13H23NO7. The molecule has 8 nitrogen and oxygen atoms in total. The average molecular weight is 305 g/mol. The van der Waals surface area contributed by atoms with Crippen LogP contribution in [-0.4, -0.2) is 92.6 Å². The van der Waals surface area contributed by atoms with Crippen molar-refractivity contribution in [3.63, 3.8) is 0 Å². The maximum atomic E-state index is 10.0. The molecule has 0 aromatic heterocycles. The van der Waals surface area contributed by atoms with Crippen LogP contribution in [0.15, 0.2) is 11.6 Å². The van der Waals surface area contributed by atoms with Gasteiger partial charge in [0.25, 0.3) is 0 Å². The Bertz CT molecular complexity index is 391. The zero-order chi connectivity index (χ0) is 15.7. The van der Waals surface area contributed by atoms with Gasteiger partial charge in [0.2, 0.25) is 0 Å². The monoisotopic (exact) mass is 305 g/mol. The zero-order valence-corrected chi connectivity index (χ0v) is 11.7. The van der Waals surface area contributed by atoms with E-state index < -0.39 is 55.3 Å². The van der Waals surface area contributed by atoms with Gasteiger partial charge in [-0.15, -0.1) is 0 Å². The largest absolute Gasteiger partial charge is 0.392 e. The highest BCUT2D eigenvalue weighted by Crippen LogP contribution is 2.23. The molecule has 8 atom stereocenters. The summed E-state index contributed by atoms with van der Waals surface area (Å²) in [6, 6.07) is -1.45. The van der Waals surface area contributed by atoms with E-state index in [1.54, 1.807) is 6.92 Å². The Balaban J connectivity index is 2.15. The molecule has 0 aromatic carbocycles. The minimum absolute atomic E-state index is 0.0206. The number of aliphatic hydroxyl groups excluding tert-OH is 6. The SMILES string of the molecule is CC1OCC(O)C(O)C1NC1C=C(CO)C(O)C(O)C1O. The van der Waals surface area contributed by atoms with Crippen LogP contribution in [0.2, 0.25) is 0 Å². The molecule has 1 aliphatic carbocycles. The van der Waals surface area contributed by atoms with Crippen LogP contribution in [0.5, 0.6) is 0 Å². The first-order chi connectivity index (χ1) is 9.86. The van der Waals surface area contributed by atoms with E-state index in [4.69, 9.17) is 4.74 Å². The molecule has 2 aliphatic rings. The minimum Gasteiger partial charge on any atom is -0.392 e. The van der Waals surface area contributed by atoms with E-state index in [1.165, 1.54) is 6.08 Å². The van der Waals surface area contributed by atoms with Crippen LogP contribution in [0, 0.1) is 0 Å². The number of hydrogen-bond donors (Lipinski definition) is 7. The fourth-order valence-corrected chi connectivity index (χ4v) is 2.77. The summed E-state index contributed by atoms with van der Waals surface area (Å²) in [6.07, 6.45) is -5.22. The summed E-state index contributed by atoms with van der Waals surface area (Å²) in [5.74, 6) is 0. The van der Waals surface area contributed by atoms with E-state index >= 15 is 0 Å². The second kappa shape index (κ2) is 6.67. The van der Waals surface area contributed by atoms with Gasteiger partial charge in [0.15, 0.2) is 0 Å². The topological polar surface area (TPSA) is 143 Å². The van der Waals surface area contributed by atoms with Crippen LogP contribution in [0.25, 0.3) is 0 Å². The first-order valence-electron chi connectivity index (χ1n) is 6.96. The Hall–Kier alpha value is -0.580. The zero-order valence-electron chi connectivity index (χ0n) is 11.7. The fraction of sp³-hybridized carbons (Fsp3) is 0.846. The van der Waals surface area contributed by atoms with Crippen molar-refractivity contribution < 1.29 is 35.4 Å². The molecule has 1 saturated heterocycles. The Kier molecular flexibility index (Phi) is 5.33. The second-order valence-corrected chi connectivity index (χ2v) is 5.64. The number of ether oxygens (including phenoxy) is 1. The van der Waals surface area contributed by atoms with Crippen molar-refractivity contribution in [2.45, 2.75) is 55.6 Å². The van der Waals surface area contributed by atoms with Crippen LogP contribution in [0.3, 0.4) is 0 Å². The highest BCUT2D eigenvalue weighted by Gasteiger charge is 2.42. The Morgan fingerprint density at radius 2 is 1.81 bits per heavy atom. The summed E-state index contributed by atoms with van der Waals surface area (Å²) in [5.41, 5.74) is 0.185. The number of nitrogens with one attached hydrogen (secondary N) is 1. The lowest BCUT2D eigenvalue weighted by Gasteiger charge is -2.42.